The zero-order valence-electron chi connectivity index (χ0n) is 20.9. The van der Waals surface area contributed by atoms with Crippen LogP contribution in [-0.2, 0) is 16.6 Å². The van der Waals surface area contributed by atoms with Gasteiger partial charge in [0, 0.05) is 37.6 Å². The summed E-state index contributed by atoms with van der Waals surface area (Å²) in [6.07, 6.45) is 6.93. The molecule has 4 atom stereocenters. The molecule has 3 aliphatic heterocycles. The number of amides is 1. The molecule has 6 heteroatoms. The molecule has 0 unspecified atom stereocenters. The summed E-state index contributed by atoms with van der Waals surface area (Å²) < 4.78 is 0. The lowest BCUT2D eigenvalue weighted by Gasteiger charge is -2.61. The number of phenolic OH excluding ortho intramolecular Hbond substituents is 1. The number of hydrogen-bond acceptors (Lipinski definition) is 5. The van der Waals surface area contributed by atoms with Crippen LogP contribution in [0.25, 0.3) is 0 Å². The standard InChI is InChI=1S/C28H41N3O3/c1-19-5-9-29(16-19)18-26(33)30-10-6-27-7-11-31(17-21-3-4-21)25(28(27,34)8-12-30)14-22-13-20(2)24(32)15-23(22)27/h13,15,19,21,25,32,34H,3-12,14,16-18H2,1-2H3/t19-,25-,27+,28-/m1/s1. The minimum absolute atomic E-state index is 0.0905. The molecule has 1 amide bonds. The maximum atomic E-state index is 13.3. The van der Waals surface area contributed by atoms with E-state index in [2.05, 4.69) is 22.8 Å². The summed E-state index contributed by atoms with van der Waals surface area (Å²) in [7, 11) is 0. The molecule has 3 heterocycles. The molecule has 2 bridgehead atoms. The van der Waals surface area contributed by atoms with Crippen molar-refractivity contribution in [3.05, 3.63) is 28.8 Å². The molecule has 1 aromatic rings. The number of hydrogen-bond donors (Lipinski definition) is 2. The van der Waals surface area contributed by atoms with E-state index in [4.69, 9.17) is 0 Å². The lowest BCUT2D eigenvalue weighted by atomic mass is 9.52. The Morgan fingerprint density at radius 3 is 2.59 bits per heavy atom. The van der Waals surface area contributed by atoms with Crippen molar-refractivity contribution in [2.24, 2.45) is 11.8 Å². The van der Waals surface area contributed by atoms with E-state index in [0.717, 1.165) is 62.5 Å². The predicted molar refractivity (Wildman–Crippen MR) is 132 cm³/mol. The van der Waals surface area contributed by atoms with E-state index in [9.17, 15) is 15.0 Å². The predicted octanol–water partition coefficient (Wildman–Crippen LogP) is 2.67. The summed E-state index contributed by atoms with van der Waals surface area (Å²) in [6, 6.07) is 4.20. The van der Waals surface area contributed by atoms with Gasteiger partial charge in [0.25, 0.3) is 0 Å². The summed E-state index contributed by atoms with van der Waals surface area (Å²) in [6.45, 7) is 10.2. The van der Waals surface area contributed by atoms with Crippen LogP contribution in [0.2, 0.25) is 0 Å². The Bertz CT molecular complexity index is 978. The van der Waals surface area contributed by atoms with Gasteiger partial charge in [0.15, 0.2) is 0 Å². The molecule has 2 aliphatic carbocycles. The van der Waals surface area contributed by atoms with E-state index in [1.54, 1.807) is 0 Å². The molecule has 0 aromatic heterocycles. The van der Waals surface area contributed by atoms with Crippen LogP contribution < -0.4 is 0 Å². The van der Waals surface area contributed by atoms with E-state index < -0.39 is 11.0 Å². The molecule has 3 saturated heterocycles. The van der Waals surface area contributed by atoms with E-state index in [-0.39, 0.29) is 11.9 Å². The smallest absolute Gasteiger partial charge is 0.236 e. The van der Waals surface area contributed by atoms with Crippen molar-refractivity contribution in [2.45, 2.75) is 75.9 Å². The van der Waals surface area contributed by atoms with E-state index in [1.807, 2.05) is 17.9 Å². The second kappa shape index (κ2) is 8.21. The molecule has 2 N–H and O–H groups in total. The lowest BCUT2D eigenvalue weighted by Crippen LogP contribution is -2.71. The van der Waals surface area contributed by atoms with E-state index in [1.165, 1.54) is 24.8 Å². The fourth-order valence-corrected chi connectivity index (χ4v) is 7.76. The van der Waals surface area contributed by atoms with E-state index in [0.29, 0.717) is 37.7 Å². The van der Waals surface area contributed by atoms with Gasteiger partial charge in [0.1, 0.15) is 5.75 Å². The van der Waals surface area contributed by atoms with Gasteiger partial charge in [0.05, 0.1) is 12.1 Å². The molecule has 34 heavy (non-hydrogen) atoms. The van der Waals surface area contributed by atoms with Gasteiger partial charge in [-0.3, -0.25) is 14.6 Å². The molecule has 5 aliphatic rings. The fourth-order valence-electron chi connectivity index (χ4n) is 7.76. The van der Waals surface area contributed by atoms with Crippen LogP contribution in [0.5, 0.6) is 5.75 Å². The Labute approximate surface area is 203 Å². The molecule has 6 nitrogen and oxygen atoms in total. The average molecular weight is 468 g/mol. The number of benzene rings is 1. The maximum absolute atomic E-state index is 13.3. The topological polar surface area (TPSA) is 67.2 Å². The molecular formula is C28H41N3O3. The number of piperidine rings is 1. The van der Waals surface area contributed by atoms with Gasteiger partial charge < -0.3 is 15.1 Å². The van der Waals surface area contributed by atoms with Crippen molar-refractivity contribution in [2.75, 3.05) is 45.8 Å². The van der Waals surface area contributed by atoms with Crippen LogP contribution in [0.15, 0.2) is 12.1 Å². The number of fused-ring (bicyclic) bond motifs is 1. The third-order valence-corrected chi connectivity index (χ3v) is 9.98. The number of carbonyl (C=O) groups excluding carboxylic acids is 1. The number of aryl methyl sites for hydroxylation is 1. The van der Waals surface area contributed by atoms with Crippen LogP contribution in [0.4, 0.5) is 0 Å². The Kier molecular flexibility index (Phi) is 5.51. The first-order valence-corrected chi connectivity index (χ1v) is 13.6. The largest absolute Gasteiger partial charge is 0.508 e. The molecule has 186 valence electrons. The van der Waals surface area contributed by atoms with Gasteiger partial charge in [-0.15, -0.1) is 0 Å². The van der Waals surface area contributed by atoms with Crippen LogP contribution >= 0.6 is 0 Å². The second-order valence-electron chi connectivity index (χ2n) is 12.2. The number of rotatable bonds is 4. The highest BCUT2D eigenvalue weighted by atomic mass is 16.3. The first-order valence-electron chi connectivity index (χ1n) is 13.6. The number of aromatic hydroxyl groups is 1. The zero-order chi connectivity index (χ0) is 23.7. The molecule has 1 aromatic carbocycles. The number of aliphatic hydroxyl groups is 1. The number of likely N-dealkylation sites (tertiary alicyclic amines) is 3. The van der Waals surface area contributed by atoms with Gasteiger partial charge in [-0.2, -0.15) is 0 Å². The quantitative estimate of drug-likeness (QED) is 0.713. The molecule has 1 saturated carbocycles. The number of carbonyl (C=O) groups is 1. The normalized spacial score (nSPS) is 36.1. The van der Waals surface area contributed by atoms with Crippen molar-refractivity contribution in [3.8, 4) is 5.75 Å². The second-order valence-corrected chi connectivity index (χ2v) is 12.2. The lowest BCUT2D eigenvalue weighted by molar-refractivity contribution is -0.149. The Balaban J connectivity index is 1.32. The van der Waals surface area contributed by atoms with Crippen molar-refractivity contribution in [3.63, 3.8) is 0 Å². The molecule has 0 spiro atoms. The van der Waals surface area contributed by atoms with Crippen LogP contribution in [0, 0.1) is 18.8 Å². The minimum Gasteiger partial charge on any atom is -0.508 e. The van der Waals surface area contributed by atoms with Gasteiger partial charge in [-0.1, -0.05) is 13.0 Å². The highest BCUT2D eigenvalue weighted by Gasteiger charge is 2.63. The van der Waals surface area contributed by atoms with Crippen molar-refractivity contribution >= 4 is 5.91 Å². The zero-order valence-corrected chi connectivity index (χ0v) is 20.9. The van der Waals surface area contributed by atoms with Crippen LogP contribution in [0.3, 0.4) is 0 Å². The third-order valence-electron chi connectivity index (χ3n) is 9.98. The van der Waals surface area contributed by atoms with Gasteiger partial charge in [0.2, 0.25) is 5.91 Å². The summed E-state index contributed by atoms with van der Waals surface area (Å²) in [5.74, 6) is 1.99. The monoisotopic (exact) mass is 467 g/mol. The summed E-state index contributed by atoms with van der Waals surface area (Å²) in [4.78, 5) is 20.2. The van der Waals surface area contributed by atoms with Crippen LogP contribution in [-0.4, -0.2) is 88.3 Å². The Morgan fingerprint density at radius 2 is 1.85 bits per heavy atom. The maximum Gasteiger partial charge on any atom is 0.236 e. The first-order chi connectivity index (χ1) is 16.3. The van der Waals surface area contributed by atoms with Crippen molar-refractivity contribution in [1.29, 1.82) is 0 Å². The van der Waals surface area contributed by atoms with E-state index >= 15 is 0 Å². The summed E-state index contributed by atoms with van der Waals surface area (Å²) in [5.41, 5.74) is 2.08. The molecule has 6 rings (SSSR count). The molecule has 0 radical (unpaired) electrons. The average Bonchev–Trinajstić information content (AvgIpc) is 3.55. The van der Waals surface area contributed by atoms with Gasteiger partial charge in [-0.25, -0.2) is 0 Å². The van der Waals surface area contributed by atoms with Gasteiger partial charge in [-0.05, 0) is 99.6 Å². The van der Waals surface area contributed by atoms with Crippen molar-refractivity contribution in [1.82, 2.24) is 14.7 Å². The summed E-state index contributed by atoms with van der Waals surface area (Å²) >= 11 is 0. The fraction of sp³-hybridized carbons (Fsp3) is 0.750. The highest BCUT2D eigenvalue weighted by Crippen LogP contribution is 2.57. The third kappa shape index (κ3) is 3.59. The molecular weight excluding hydrogens is 426 g/mol. The number of phenols is 1. The SMILES string of the molecule is Cc1cc2c(cc1O)[C@@]13CCN(C(=O)CN4CC[C@@H](C)C4)CC[C@@]1(O)[C@@H](C2)N(CC1CC1)CC3. The molecule has 4 fully saturated rings. The minimum atomic E-state index is -0.869. The Morgan fingerprint density at radius 1 is 1.09 bits per heavy atom. The van der Waals surface area contributed by atoms with Crippen LogP contribution in [0.1, 0.15) is 62.1 Å². The van der Waals surface area contributed by atoms with Gasteiger partial charge >= 0.3 is 0 Å². The first kappa shape index (κ1) is 22.8. The Hall–Kier alpha value is -1.63. The number of nitrogens with zero attached hydrogens (tertiary/aromatic N) is 3. The van der Waals surface area contributed by atoms with Crippen molar-refractivity contribution < 1.29 is 15.0 Å². The highest BCUT2D eigenvalue weighted by molar-refractivity contribution is 5.78. The summed E-state index contributed by atoms with van der Waals surface area (Å²) in [5, 5.41) is 23.3.